The molecule has 142 valence electrons. The van der Waals surface area contributed by atoms with Gasteiger partial charge in [0.25, 0.3) is 5.56 Å². The smallest absolute Gasteiger partial charge is 0.250 e. The average Bonchev–Trinajstić information content (AvgIpc) is 2.70. The van der Waals surface area contributed by atoms with E-state index in [0.29, 0.717) is 26.2 Å². The number of carbonyl (C=O) groups excluding carboxylic acids is 2. The summed E-state index contributed by atoms with van der Waals surface area (Å²) in [4.78, 5) is 40.8. The Morgan fingerprint density at radius 3 is 2.11 bits per heavy atom. The summed E-state index contributed by atoms with van der Waals surface area (Å²) in [5.41, 5.74) is 0.186. The van der Waals surface area contributed by atoms with E-state index in [9.17, 15) is 14.4 Å². The molecule has 1 aromatic heterocycles. The van der Waals surface area contributed by atoms with Crippen molar-refractivity contribution in [3.8, 4) is 0 Å². The lowest BCUT2D eigenvalue weighted by molar-refractivity contribution is -0.142. The summed E-state index contributed by atoms with van der Waals surface area (Å²) in [5, 5.41) is 0. The van der Waals surface area contributed by atoms with Gasteiger partial charge in [-0.2, -0.15) is 0 Å². The predicted molar refractivity (Wildman–Crippen MR) is 103 cm³/mol. The third-order valence-corrected chi connectivity index (χ3v) is 5.15. The lowest BCUT2D eigenvalue weighted by Crippen LogP contribution is -2.54. The van der Waals surface area contributed by atoms with E-state index >= 15 is 0 Å². The van der Waals surface area contributed by atoms with Gasteiger partial charge in [0.15, 0.2) is 0 Å². The molecule has 1 aliphatic heterocycles. The molecular formula is C21H25N3O3. The fourth-order valence-corrected chi connectivity index (χ4v) is 3.37. The van der Waals surface area contributed by atoms with Crippen LogP contribution in [0.1, 0.15) is 19.4 Å². The fraction of sp³-hybridized carbons (Fsp3) is 0.381. The molecule has 0 radical (unpaired) electrons. The van der Waals surface area contributed by atoms with Gasteiger partial charge in [0.1, 0.15) is 6.54 Å². The number of hydrogen-bond acceptors (Lipinski definition) is 3. The minimum Gasteiger partial charge on any atom is -0.338 e. The van der Waals surface area contributed by atoms with E-state index in [1.165, 1.54) is 10.6 Å². The molecule has 0 saturated carbocycles. The number of pyridine rings is 1. The van der Waals surface area contributed by atoms with Crippen molar-refractivity contribution in [2.45, 2.75) is 25.8 Å². The summed E-state index contributed by atoms with van der Waals surface area (Å²) in [5.74, 6) is -0.0298. The highest BCUT2D eigenvalue weighted by Gasteiger charge is 2.35. The van der Waals surface area contributed by atoms with E-state index in [2.05, 4.69) is 0 Å². The normalized spacial score (nSPS) is 14.9. The first kappa shape index (κ1) is 18.9. The molecule has 1 saturated heterocycles. The second-order valence-corrected chi connectivity index (χ2v) is 7.33. The van der Waals surface area contributed by atoms with Crippen LogP contribution in [-0.2, 0) is 21.5 Å². The Morgan fingerprint density at radius 2 is 1.48 bits per heavy atom. The van der Waals surface area contributed by atoms with Crippen molar-refractivity contribution >= 4 is 11.8 Å². The highest BCUT2D eigenvalue weighted by molar-refractivity contribution is 5.87. The molecule has 6 nitrogen and oxygen atoms in total. The van der Waals surface area contributed by atoms with Gasteiger partial charge >= 0.3 is 0 Å². The molecule has 0 unspecified atom stereocenters. The van der Waals surface area contributed by atoms with Gasteiger partial charge in [-0.15, -0.1) is 0 Å². The Kier molecular flexibility index (Phi) is 5.44. The molecule has 1 aromatic carbocycles. The van der Waals surface area contributed by atoms with Gasteiger partial charge in [-0.1, -0.05) is 36.4 Å². The highest BCUT2D eigenvalue weighted by Crippen LogP contribution is 2.26. The summed E-state index contributed by atoms with van der Waals surface area (Å²) in [6.07, 6.45) is 1.61. The zero-order valence-corrected chi connectivity index (χ0v) is 15.8. The number of aromatic nitrogens is 1. The molecule has 2 heterocycles. The summed E-state index contributed by atoms with van der Waals surface area (Å²) in [6.45, 7) is 5.88. The van der Waals surface area contributed by atoms with E-state index in [0.717, 1.165) is 5.56 Å². The zero-order valence-electron chi connectivity index (χ0n) is 15.8. The van der Waals surface area contributed by atoms with Gasteiger partial charge in [0.2, 0.25) is 11.8 Å². The molecule has 0 N–H and O–H groups in total. The van der Waals surface area contributed by atoms with E-state index < -0.39 is 5.41 Å². The monoisotopic (exact) mass is 367 g/mol. The van der Waals surface area contributed by atoms with Crippen molar-refractivity contribution in [1.29, 1.82) is 0 Å². The van der Waals surface area contributed by atoms with Gasteiger partial charge in [-0.25, -0.2) is 0 Å². The van der Waals surface area contributed by atoms with E-state index in [-0.39, 0.29) is 23.9 Å². The van der Waals surface area contributed by atoms with Gasteiger partial charge in [0.05, 0.1) is 5.41 Å². The predicted octanol–water partition coefficient (Wildman–Crippen LogP) is 1.50. The standard InChI is InChI=1S/C21H25N3O3/c1-21(2,17-8-4-3-5-9-17)20(27)23-14-12-22(13-15-23)19(26)16-24-11-7-6-10-18(24)25/h3-11H,12-16H2,1-2H3. The van der Waals surface area contributed by atoms with Gasteiger partial charge in [-0.3, -0.25) is 14.4 Å². The van der Waals surface area contributed by atoms with Crippen molar-refractivity contribution in [3.63, 3.8) is 0 Å². The lowest BCUT2D eigenvalue weighted by atomic mass is 9.83. The Hall–Kier alpha value is -2.89. The number of nitrogens with zero attached hydrogens (tertiary/aromatic N) is 3. The van der Waals surface area contributed by atoms with Gasteiger partial charge in [0, 0.05) is 38.4 Å². The Labute approximate surface area is 159 Å². The quantitative estimate of drug-likeness (QED) is 0.823. The first-order valence-electron chi connectivity index (χ1n) is 9.18. The van der Waals surface area contributed by atoms with Crippen LogP contribution in [0.2, 0.25) is 0 Å². The molecule has 0 spiro atoms. The number of hydrogen-bond donors (Lipinski definition) is 0. The van der Waals surface area contributed by atoms with Crippen LogP contribution in [0.3, 0.4) is 0 Å². The summed E-state index contributed by atoms with van der Waals surface area (Å²) < 4.78 is 1.40. The van der Waals surface area contributed by atoms with Crippen LogP contribution in [0.25, 0.3) is 0 Å². The third-order valence-electron chi connectivity index (χ3n) is 5.15. The minimum atomic E-state index is -0.606. The van der Waals surface area contributed by atoms with Crippen molar-refractivity contribution in [3.05, 3.63) is 70.6 Å². The van der Waals surface area contributed by atoms with E-state index in [1.807, 2.05) is 49.1 Å². The minimum absolute atomic E-state index is 0.0309. The molecule has 1 fully saturated rings. The Balaban J connectivity index is 1.60. The van der Waals surface area contributed by atoms with Crippen molar-refractivity contribution in [2.24, 2.45) is 0 Å². The summed E-state index contributed by atoms with van der Waals surface area (Å²) in [6, 6.07) is 14.6. The first-order chi connectivity index (χ1) is 12.9. The van der Waals surface area contributed by atoms with Crippen LogP contribution in [0.4, 0.5) is 0 Å². The van der Waals surface area contributed by atoms with Gasteiger partial charge < -0.3 is 14.4 Å². The summed E-state index contributed by atoms with van der Waals surface area (Å²) in [7, 11) is 0. The lowest BCUT2D eigenvalue weighted by Gasteiger charge is -2.38. The Morgan fingerprint density at radius 1 is 0.889 bits per heavy atom. The van der Waals surface area contributed by atoms with Crippen molar-refractivity contribution in [2.75, 3.05) is 26.2 Å². The molecule has 0 bridgehead atoms. The van der Waals surface area contributed by atoms with E-state index in [4.69, 9.17) is 0 Å². The van der Waals surface area contributed by atoms with Crippen LogP contribution in [-0.4, -0.2) is 52.4 Å². The van der Waals surface area contributed by atoms with E-state index in [1.54, 1.807) is 23.2 Å². The number of benzene rings is 1. The molecule has 0 atom stereocenters. The van der Waals surface area contributed by atoms with Crippen LogP contribution in [0.15, 0.2) is 59.5 Å². The first-order valence-corrected chi connectivity index (χ1v) is 9.18. The molecule has 3 rings (SSSR count). The van der Waals surface area contributed by atoms with Crippen LogP contribution in [0.5, 0.6) is 0 Å². The SMILES string of the molecule is CC(C)(C(=O)N1CCN(C(=O)Cn2ccccc2=O)CC1)c1ccccc1. The van der Waals surface area contributed by atoms with Crippen molar-refractivity contribution < 1.29 is 9.59 Å². The maximum absolute atomic E-state index is 13.0. The number of carbonyl (C=O) groups is 2. The molecule has 27 heavy (non-hydrogen) atoms. The molecule has 6 heteroatoms. The maximum Gasteiger partial charge on any atom is 0.250 e. The van der Waals surface area contributed by atoms with Gasteiger partial charge in [-0.05, 0) is 25.5 Å². The largest absolute Gasteiger partial charge is 0.338 e. The number of piperazine rings is 1. The maximum atomic E-state index is 13.0. The molecular weight excluding hydrogens is 342 g/mol. The third kappa shape index (κ3) is 4.10. The second-order valence-electron chi connectivity index (χ2n) is 7.33. The van der Waals surface area contributed by atoms with Crippen LogP contribution < -0.4 is 5.56 Å². The molecule has 0 aliphatic carbocycles. The fourth-order valence-electron chi connectivity index (χ4n) is 3.37. The van der Waals surface area contributed by atoms with Crippen LogP contribution in [0, 0.1) is 0 Å². The number of rotatable bonds is 4. The number of amides is 2. The van der Waals surface area contributed by atoms with Crippen LogP contribution >= 0.6 is 0 Å². The topological polar surface area (TPSA) is 62.6 Å². The zero-order chi connectivity index (χ0) is 19.4. The average molecular weight is 367 g/mol. The second kappa shape index (κ2) is 7.78. The molecule has 2 aromatic rings. The van der Waals surface area contributed by atoms with Crippen molar-refractivity contribution in [1.82, 2.24) is 14.4 Å². The molecule has 2 amide bonds. The summed E-state index contributed by atoms with van der Waals surface area (Å²) >= 11 is 0. The Bertz CT molecular complexity index is 865. The highest BCUT2D eigenvalue weighted by atomic mass is 16.2. The molecule has 1 aliphatic rings.